The van der Waals surface area contributed by atoms with Crippen molar-refractivity contribution in [3.05, 3.63) is 35.9 Å². The van der Waals surface area contributed by atoms with Crippen molar-refractivity contribution < 1.29 is 14.9 Å². The molecule has 0 saturated heterocycles. The Morgan fingerprint density at radius 3 is 2.47 bits per heavy atom. The van der Waals surface area contributed by atoms with Gasteiger partial charge < -0.3 is 14.9 Å². The summed E-state index contributed by atoms with van der Waals surface area (Å²) in [6, 6.07) is 9.78. The van der Waals surface area contributed by atoms with Gasteiger partial charge >= 0.3 is 0 Å². The molecule has 2 atom stereocenters. The SMILES string of the molecule is C[C@H](O)[C@@H](CCO)OCc1ccccc1. The van der Waals surface area contributed by atoms with Gasteiger partial charge in [-0.25, -0.2) is 0 Å². The number of benzene rings is 1. The molecule has 0 fully saturated rings. The summed E-state index contributed by atoms with van der Waals surface area (Å²) in [4.78, 5) is 0. The third-order valence-electron chi connectivity index (χ3n) is 2.26. The summed E-state index contributed by atoms with van der Waals surface area (Å²) in [5.74, 6) is 0. The quantitative estimate of drug-likeness (QED) is 0.745. The molecule has 15 heavy (non-hydrogen) atoms. The smallest absolute Gasteiger partial charge is 0.0857 e. The lowest BCUT2D eigenvalue weighted by atomic mass is 10.1. The van der Waals surface area contributed by atoms with Gasteiger partial charge in [0.25, 0.3) is 0 Å². The molecule has 3 nitrogen and oxygen atoms in total. The molecule has 0 aliphatic heterocycles. The molecule has 0 saturated carbocycles. The molecule has 0 bridgehead atoms. The molecule has 0 aliphatic rings. The first kappa shape index (κ1) is 12.2. The fourth-order valence-corrected chi connectivity index (χ4v) is 1.37. The van der Waals surface area contributed by atoms with E-state index in [1.54, 1.807) is 6.92 Å². The largest absolute Gasteiger partial charge is 0.396 e. The van der Waals surface area contributed by atoms with E-state index in [-0.39, 0.29) is 12.7 Å². The summed E-state index contributed by atoms with van der Waals surface area (Å²) < 4.78 is 5.52. The molecule has 0 radical (unpaired) electrons. The van der Waals surface area contributed by atoms with E-state index in [4.69, 9.17) is 9.84 Å². The number of hydrogen-bond donors (Lipinski definition) is 2. The highest BCUT2D eigenvalue weighted by molar-refractivity contribution is 5.13. The average molecular weight is 210 g/mol. The van der Waals surface area contributed by atoms with Gasteiger partial charge in [0.2, 0.25) is 0 Å². The van der Waals surface area contributed by atoms with Crippen molar-refractivity contribution >= 4 is 0 Å². The predicted octanol–water partition coefficient (Wildman–Crippen LogP) is 1.33. The molecule has 0 aliphatic carbocycles. The zero-order valence-corrected chi connectivity index (χ0v) is 8.97. The van der Waals surface area contributed by atoms with Crippen molar-refractivity contribution in [1.29, 1.82) is 0 Å². The lowest BCUT2D eigenvalue weighted by molar-refractivity contribution is -0.0485. The van der Waals surface area contributed by atoms with Crippen LogP contribution in [0.25, 0.3) is 0 Å². The van der Waals surface area contributed by atoms with Crippen LogP contribution in [0.5, 0.6) is 0 Å². The van der Waals surface area contributed by atoms with E-state index < -0.39 is 6.10 Å². The van der Waals surface area contributed by atoms with Gasteiger partial charge in [-0.15, -0.1) is 0 Å². The minimum Gasteiger partial charge on any atom is -0.396 e. The van der Waals surface area contributed by atoms with Crippen LogP contribution in [0.3, 0.4) is 0 Å². The third-order valence-corrected chi connectivity index (χ3v) is 2.26. The standard InChI is InChI=1S/C12H18O3/c1-10(14)12(7-8-13)15-9-11-5-3-2-4-6-11/h2-6,10,12-14H,7-9H2,1H3/t10-,12+/m0/s1. The van der Waals surface area contributed by atoms with Crippen LogP contribution in [-0.4, -0.2) is 29.0 Å². The van der Waals surface area contributed by atoms with E-state index in [0.717, 1.165) is 5.56 Å². The van der Waals surface area contributed by atoms with E-state index in [9.17, 15) is 5.11 Å². The second kappa shape index (κ2) is 6.56. The van der Waals surface area contributed by atoms with Crippen LogP contribution < -0.4 is 0 Å². The summed E-state index contributed by atoms with van der Waals surface area (Å²) in [5, 5.41) is 18.2. The van der Waals surface area contributed by atoms with Crippen LogP contribution in [0.15, 0.2) is 30.3 Å². The minimum atomic E-state index is -0.555. The Kier molecular flexibility index (Phi) is 5.32. The Balaban J connectivity index is 2.40. The molecular formula is C12H18O3. The first-order valence-corrected chi connectivity index (χ1v) is 5.18. The fraction of sp³-hybridized carbons (Fsp3) is 0.500. The molecule has 1 aromatic carbocycles. The van der Waals surface area contributed by atoms with E-state index in [1.165, 1.54) is 0 Å². The van der Waals surface area contributed by atoms with Gasteiger partial charge in [0, 0.05) is 6.61 Å². The fourth-order valence-electron chi connectivity index (χ4n) is 1.37. The summed E-state index contributed by atoms with van der Waals surface area (Å²) in [6.07, 6.45) is -0.388. The highest BCUT2D eigenvalue weighted by atomic mass is 16.5. The van der Waals surface area contributed by atoms with Crippen LogP contribution in [-0.2, 0) is 11.3 Å². The molecule has 0 heterocycles. The highest BCUT2D eigenvalue weighted by Crippen LogP contribution is 2.08. The number of aliphatic hydroxyl groups excluding tert-OH is 2. The summed E-state index contributed by atoms with van der Waals surface area (Å²) in [6.45, 7) is 2.17. The van der Waals surface area contributed by atoms with E-state index in [2.05, 4.69) is 0 Å². The van der Waals surface area contributed by atoms with Gasteiger partial charge in [-0.2, -0.15) is 0 Å². The molecule has 84 valence electrons. The molecular weight excluding hydrogens is 192 g/mol. The maximum atomic E-state index is 9.39. The van der Waals surface area contributed by atoms with Crippen molar-refractivity contribution in [2.75, 3.05) is 6.61 Å². The van der Waals surface area contributed by atoms with Crippen molar-refractivity contribution in [3.63, 3.8) is 0 Å². The molecule has 1 rings (SSSR count). The average Bonchev–Trinajstić information content (AvgIpc) is 2.25. The van der Waals surface area contributed by atoms with Gasteiger partial charge in [0.1, 0.15) is 0 Å². The molecule has 0 unspecified atom stereocenters. The Hall–Kier alpha value is -0.900. The molecule has 0 amide bonds. The Labute approximate surface area is 90.3 Å². The van der Waals surface area contributed by atoms with Gasteiger partial charge in [-0.1, -0.05) is 30.3 Å². The normalized spacial score (nSPS) is 14.9. The Morgan fingerprint density at radius 2 is 1.93 bits per heavy atom. The third kappa shape index (κ3) is 4.42. The summed E-state index contributed by atoms with van der Waals surface area (Å²) in [5.41, 5.74) is 1.07. The number of aliphatic hydroxyl groups is 2. The summed E-state index contributed by atoms with van der Waals surface area (Å²) in [7, 11) is 0. The van der Waals surface area contributed by atoms with Crippen molar-refractivity contribution in [1.82, 2.24) is 0 Å². The first-order chi connectivity index (χ1) is 7.24. The number of rotatable bonds is 6. The number of hydrogen-bond acceptors (Lipinski definition) is 3. The highest BCUT2D eigenvalue weighted by Gasteiger charge is 2.14. The lowest BCUT2D eigenvalue weighted by Gasteiger charge is -2.19. The molecule has 0 spiro atoms. The van der Waals surface area contributed by atoms with Gasteiger partial charge in [-0.3, -0.25) is 0 Å². The van der Waals surface area contributed by atoms with Crippen LogP contribution in [0.2, 0.25) is 0 Å². The van der Waals surface area contributed by atoms with Crippen LogP contribution >= 0.6 is 0 Å². The molecule has 2 N–H and O–H groups in total. The van der Waals surface area contributed by atoms with E-state index >= 15 is 0 Å². The molecule has 1 aromatic rings. The monoisotopic (exact) mass is 210 g/mol. The summed E-state index contributed by atoms with van der Waals surface area (Å²) >= 11 is 0. The predicted molar refractivity (Wildman–Crippen MR) is 58.4 cm³/mol. The van der Waals surface area contributed by atoms with Crippen LogP contribution in [0, 0.1) is 0 Å². The second-order valence-electron chi connectivity index (χ2n) is 3.59. The van der Waals surface area contributed by atoms with Crippen molar-refractivity contribution in [2.45, 2.75) is 32.2 Å². The Morgan fingerprint density at radius 1 is 1.27 bits per heavy atom. The van der Waals surface area contributed by atoms with Gasteiger partial charge in [0.15, 0.2) is 0 Å². The van der Waals surface area contributed by atoms with Crippen molar-refractivity contribution in [3.8, 4) is 0 Å². The second-order valence-corrected chi connectivity index (χ2v) is 3.59. The zero-order valence-electron chi connectivity index (χ0n) is 8.97. The lowest BCUT2D eigenvalue weighted by Crippen LogP contribution is -2.27. The van der Waals surface area contributed by atoms with E-state index in [1.807, 2.05) is 30.3 Å². The zero-order chi connectivity index (χ0) is 11.1. The maximum absolute atomic E-state index is 9.39. The van der Waals surface area contributed by atoms with Crippen LogP contribution in [0.4, 0.5) is 0 Å². The first-order valence-electron chi connectivity index (χ1n) is 5.18. The minimum absolute atomic E-state index is 0.0321. The Bertz CT molecular complexity index is 259. The maximum Gasteiger partial charge on any atom is 0.0857 e. The van der Waals surface area contributed by atoms with Crippen molar-refractivity contribution in [2.24, 2.45) is 0 Å². The van der Waals surface area contributed by atoms with Gasteiger partial charge in [0.05, 0.1) is 18.8 Å². The molecule has 3 heteroatoms. The van der Waals surface area contributed by atoms with Gasteiger partial charge in [-0.05, 0) is 18.9 Å². The van der Waals surface area contributed by atoms with E-state index in [0.29, 0.717) is 13.0 Å². The molecule has 0 aromatic heterocycles. The topological polar surface area (TPSA) is 49.7 Å². The van der Waals surface area contributed by atoms with Crippen LogP contribution in [0.1, 0.15) is 18.9 Å². The number of ether oxygens (including phenoxy) is 1.